The van der Waals surface area contributed by atoms with Gasteiger partial charge in [0.15, 0.2) is 0 Å². The molecule has 1 N–H and O–H groups in total. The molecule has 6 heteroatoms. The van der Waals surface area contributed by atoms with Crippen molar-refractivity contribution in [2.45, 2.75) is 11.9 Å². The van der Waals surface area contributed by atoms with Crippen molar-refractivity contribution in [3.05, 3.63) is 35.4 Å². The van der Waals surface area contributed by atoms with Crippen LogP contribution in [-0.4, -0.2) is 37.0 Å². The Hall–Kier alpha value is -1.42. The number of β-amino-alcohol motifs (C(OH)–C–C–N with tert-alkyl or cyclic N) is 1. The third-order valence-electron chi connectivity index (χ3n) is 2.65. The maximum atomic E-state index is 11.8. The minimum Gasteiger partial charge on any atom is -0.390 e. The van der Waals surface area contributed by atoms with E-state index in [0.29, 0.717) is 11.1 Å². The van der Waals surface area contributed by atoms with Crippen LogP contribution in [0.15, 0.2) is 24.3 Å². The smallest absolute Gasteiger partial charge is 0.218 e. The number of hydrogen-bond acceptors (Lipinski definition) is 4. The Balaban J connectivity index is 2.07. The van der Waals surface area contributed by atoms with Gasteiger partial charge in [0.25, 0.3) is 0 Å². The molecular weight excluding hydrogens is 240 g/mol. The standard InChI is InChI=1S/C11H12N2O3S/c12-5-9-1-3-10(4-2-9)8-17(15,16)13-6-11(14)7-13/h1-4,11,14H,6-8H2. The molecule has 0 saturated carbocycles. The van der Waals surface area contributed by atoms with Crippen molar-refractivity contribution in [2.75, 3.05) is 13.1 Å². The summed E-state index contributed by atoms with van der Waals surface area (Å²) in [7, 11) is -3.34. The first-order valence-corrected chi connectivity index (χ1v) is 6.77. The van der Waals surface area contributed by atoms with Gasteiger partial charge in [-0.1, -0.05) is 12.1 Å². The molecule has 1 fully saturated rings. The van der Waals surface area contributed by atoms with Gasteiger partial charge in [-0.05, 0) is 17.7 Å². The molecule has 0 radical (unpaired) electrons. The molecule has 1 aromatic rings. The van der Waals surface area contributed by atoms with E-state index in [1.54, 1.807) is 24.3 Å². The predicted molar refractivity (Wildman–Crippen MR) is 61.4 cm³/mol. The van der Waals surface area contributed by atoms with Crippen LogP contribution in [0, 0.1) is 11.3 Å². The molecule has 0 spiro atoms. The number of aliphatic hydroxyl groups is 1. The molecule has 17 heavy (non-hydrogen) atoms. The first-order chi connectivity index (χ1) is 8.01. The third kappa shape index (κ3) is 2.64. The van der Waals surface area contributed by atoms with E-state index in [9.17, 15) is 8.42 Å². The van der Waals surface area contributed by atoms with E-state index >= 15 is 0 Å². The number of hydrogen-bond donors (Lipinski definition) is 1. The van der Waals surface area contributed by atoms with Crippen molar-refractivity contribution in [3.63, 3.8) is 0 Å². The molecule has 1 saturated heterocycles. The van der Waals surface area contributed by atoms with Crippen LogP contribution in [0.3, 0.4) is 0 Å². The second-order valence-corrected chi connectivity index (χ2v) is 6.00. The largest absolute Gasteiger partial charge is 0.390 e. The normalized spacial score (nSPS) is 17.4. The van der Waals surface area contributed by atoms with Gasteiger partial charge in [0, 0.05) is 13.1 Å². The maximum Gasteiger partial charge on any atom is 0.218 e. The summed E-state index contributed by atoms with van der Waals surface area (Å²) in [6.07, 6.45) is -0.536. The Morgan fingerprint density at radius 3 is 2.41 bits per heavy atom. The van der Waals surface area contributed by atoms with Crippen LogP contribution in [0.5, 0.6) is 0 Å². The van der Waals surface area contributed by atoms with Gasteiger partial charge >= 0.3 is 0 Å². The van der Waals surface area contributed by atoms with Gasteiger partial charge in [-0.3, -0.25) is 0 Å². The van der Waals surface area contributed by atoms with Crippen molar-refractivity contribution >= 4 is 10.0 Å². The summed E-state index contributed by atoms with van der Waals surface area (Å²) in [4.78, 5) is 0. The zero-order valence-electron chi connectivity index (χ0n) is 9.07. The van der Waals surface area contributed by atoms with Crippen LogP contribution < -0.4 is 0 Å². The molecule has 90 valence electrons. The lowest BCUT2D eigenvalue weighted by Gasteiger charge is -2.34. The first kappa shape index (κ1) is 12.0. The first-order valence-electron chi connectivity index (χ1n) is 5.16. The van der Waals surface area contributed by atoms with Crippen molar-refractivity contribution in [1.82, 2.24) is 4.31 Å². The lowest BCUT2D eigenvalue weighted by Crippen LogP contribution is -2.53. The fraction of sp³-hybridized carbons (Fsp3) is 0.364. The van der Waals surface area contributed by atoms with Gasteiger partial charge < -0.3 is 5.11 Å². The van der Waals surface area contributed by atoms with Gasteiger partial charge in [-0.25, -0.2) is 8.42 Å². The summed E-state index contributed by atoms with van der Waals surface area (Å²) < 4.78 is 24.9. The molecule has 1 aromatic carbocycles. The molecular formula is C11H12N2O3S. The second-order valence-electron chi connectivity index (χ2n) is 4.04. The van der Waals surface area contributed by atoms with Crippen LogP contribution in [0.2, 0.25) is 0 Å². The van der Waals surface area contributed by atoms with E-state index in [1.165, 1.54) is 4.31 Å². The van der Waals surface area contributed by atoms with Crippen molar-refractivity contribution in [2.24, 2.45) is 0 Å². The second kappa shape index (κ2) is 4.45. The summed E-state index contributed by atoms with van der Waals surface area (Å²) in [5, 5.41) is 17.7. The molecule has 1 aliphatic heterocycles. The fourth-order valence-corrected chi connectivity index (χ4v) is 3.22. The molecule has 0 bridgehead atoms. The number of nitrogens with zero attached hydrogens (tertiary/aromatic N) is 2. The monoisotopic (exact) mass is 252 g/mol. The summed E-state index contributed by atoms with van der Waals surface area (Å²) in [6, 6.07) is 8.42. The van der Waals surface area contributed by atoms with E-state index in [4.69, 9.17) is 10.4 Å². The van der Waals surface area contributed by atoms with Crippen LogP contribution >= 0.6 is 0 Å². The number of sulfonamides is 1. The van der Waals surface area contributed by atoms with Crippen LogP contribution in [-0.2, 0) is 15.8 Å². The Morgan fingerprint density at radius 2 is 1.94 bits per heavy atom. The van der Waals surface area contributed by atoms with E-state index in [-0.39, 0.29) is 18.8 Å². The highest BCUT2D eigenvalue weighted by Gasteiger charge is 2.34. The van der Waals surface area contributed by atoms with Gasteiger partial charge in [-0.2, -0.15) is 9.57 Å². The molecule has 0 amide bonds. The number of benzene rings is 1. The topological polar surface area (TPSA) is 81.4 Å². The molecule has 0 aromatic heterocycles. The minimum atomic E-state index is -3.34. The Bertz CT molecular complexity index is 539. The maximum absolute atomic E-state index is 11.8. The van der Waals surface area contributed by atoms with E-state index in [1.807, 2.05) is 6.07 Å². The van der Waals surface area contributed by atoms with Crippen molar-refractivity contribution in [1.29, 1.82) is 5.26 Å². The number of aliphatic hydroxyl groups excluding tert-OH is 1. The zero-order chi connectivity index (χ0) is 12.5. The Kier molecular flexibility index (Phi) is 3.15. The Morgan fingerprint density at radius 1 is 1.35 bits per heavy atom. The fourth-order valence-electron chi connectivity index (χ4n) is 1.62. The van der Waals surface area contributed by atoms with Gasteiger partial charge in [0.05, 0.1) is 23.5 Å². The van der Waals surface area contributed by atoms with Crippen LogP contribution in [0.4, 0.5) is 0 Å². The molecule has 0 unspecified atom stereocenters. The minimum absolute atomic E-state index is 0.0918. The molecule has 1 aliphatic rings. The van der Waals surface area contributed by atoms with Gasteiger partial charge in [-0.15, -0.1) is 0 Å². The zero-order valence-corrected chi connectivity index (χ0v) is 9.89. The summed E-state index contributed by atoms with van der Waals surface area (Å²) in [6.45, 7) is 0.358. The number of rotatable bonds is 3. The van der Waals surface area contributed by atoms with Gasteiger partial charge in [0.1, 0.15) is 0 Å². The lowest BCUT2D eigenvalue weighted by molar-refractivity contribution is 0.0547. The average Bonchev–Trinajstić information content (AvgIpc) is 2.25. The van der Waals surface area contributed by atoms with E-state index < -0.39 is 16.1 Å². The summed E-state index contributed by atoms with van der Waals surface area (Å²) in [5.41, 5.74) is 1.15. The summed E-state index contributed by atoms with van der Waals surface area (Å²) >= 11 is 0. The van der Waals surface area contributed by atoms with E-state index in [0.717, 1.165) is 0 Å². The van der Waals surface area contributed by atoms with Gasteiger partial charge in [0.2, 0.25) is 10.0 Å². The van der Waals surface area contributed by atoms with Crippen molar-refractivity contribution in [3.8, 4) is 6.07 Å². The highest BCUT2D eigenvalue weighted by molar-refractivity contribution is 7.88. The summed E-state index contributed by atoms with van der Waals surface area (Å²) in [5.74, 6) is -0.0918. The molecule has 5 nitrogen and oxygen atoms in total. The van der Waals surface area contributed by atoms with Crippen LogP contribution in [0.25, 0.3) is 0 Å². The van der Waals surface area contributed by atoms with E-state index in [2.05, 4.69) is 0 Å². The molecule has 2 rings (SSSR count). The quantitative estimate of drug-likeness (QED) is 0.825. The Labute approximate surface area is 100.0 Å². The SMILES string of the molecule is N#Cc1ccc(CS(=O)(=O)N2CC(O)C2)cc1. The molecule has 0 aliphatic carbocycles. The molecule has 0 atom stereocenters. The average molecular weight is 252 g/mol. The van der Waals surface area contributed by atoms with Crippen molar-refractivity contribution < 1.29 is 13.5 Å². The highest BCUT2D eigenvalue weighted by Crippen LogP contribution is 2.17. The number of nitriles is 1. The molecule has 1 heterocycles. The van der Waals surface area contributed by atoms with Crippen LogP contribution in [0.1, 0.15) is 11.1 Å². The predicted octanol–water partition coefficient (Wildman–Crippen LogP) is 0.0646. The lowest BCUT2D eigenvalue weighted by atomic mass is 10.2. The third-order valence-corrected chi connectivity index (χ3v) is 4.44. The highest BCUT2D eigenvalue weighted by atomic mass is 32.2.